The van der Waals surface area contributed by atoms with Crippen molar-refractivity contribution in [3.05, 3.63) is 66.2 Å². The summed E-state index contributed by atoms with van der Waals surface area (Å²) in [6.45, 7) is 0.232. The van der Waals surface area contributed by atoms with Crippen LogP contribution in [0.25, 0.3) is 22.4 Å². The number of aromatic amines is 1. The van der Waals surface area contributed by atoms with Gasteiger partial charge in [0.25, 0.3) is 5.91 Å². The SMILES string of the molecule is Nc1ccc(C(=O)Nc2ccc3nc(-c4ccc5c(c4)OCO5)[nH]c3c2)cc1. The Bertz CT molecular complexity index is 1200. The molecule has 0 spiro atoms. The minimum Gasteiger partial charge on any atom is -0.454 e. The molecule has 1 aliphatic heterocycles. The molecule has 1 aromatic heterocycles. The topological polar surface area (TPSA) is 102 Å². The Kier molecular flexibility index (Phi) is 3.65. The molecule has 1 amide bonds. The van der Waals surface area contributed by atoms with Crippen molar-refractivity contribution in [3.8, 4) is 22.9 Å². The lowest BCUT2D eigenvalue weighted by Crippen LogP contribution is -2.11. The van der Waals surface area contributed by atoms with Crippen LogP contribution in [0.15, 0.2) is 60.7 Å². The summed E-state index contributed by atoms with van der Waals surface area (Å²) in [7, 11) is 0. The van der Waals surface area contributed by atoms with E-state index < -0.39 is 0 Å². The number of anilines is 2. The molecule has 0 fully saturated rings. The number of aromatic nitrogens is 2. The molecule has 7 nitrogen and oxygen atoms in total. The number of H-pyrrole nitrogens is 1. The molecule has 28 heavy (non-hydrogen) atoms. The summed E-state index contributed by atoms with van der Waals surface area (Å²) in [4.78, 5) is 20.3. The van der Waals surface area contributed by atoms with E-state index in [2.05, 4.69) is 15.3 Å². The molecule has 0 atom stereocenters. The molecule has 0 radical (unpaired) electrons. The Labute approximate surface area is 160 Å². The number of carbonyl (C=O) groups is 1. The van der Waals surface area contributed by atoms with Gasteiger partial charge in [0.2, 0.25) is 6.79 Å². The fourth-order valence-corrected chi connectivity index (χ4v) is 3.11. The molecule has 0 unspecified atom stereocenters. The second-order valence-corrected chi connectivity index (χ2v) is 6.46. The number of hydrogen-bond acceptors (Lipinski definition) is 5. The third kappa shape index (κ3) is 2.88. The van der Waals surface area contributed by atoms with Crippen LogP contribution < -0.4 is 20.5 Å². The number of nitrogens with two attached hydrogens (primary N) is 1. The van der Waals surface area contributed by atoms with E-state index in [4.69, 9.17) is 15.2 Å². The lowest BCUT2D eigenvalue weighted by atomic mass is 10.2. The first-order chi connectivity index (χ1) is 13.7. The monoisotopic (exact) mass is 372 g/mol. The van der Waals surface area contributed by atoms with Gasteiger partial charge in [0, 0.05) is 22.5 Å². The van der Waals surface area contributed by atoms with Gasteiger partial charge in [-0.25, -0.2) is 4.98 Å². The van der Waals surface area contributed by atoms with Gasteiger partial charge in [-0.2, -0.15) is 0 Å². The lowest BCUT2D eigenvalue weighted by molar-refractivity contribution is 0.102. The highest BCUT2D eigenvalue weighted by molar-refractivity contribution is 6.05. The van der Waals surface area contributed by atoms with Crippen molar-refractivity contribution in [2.45, 2.75) is 0 Å². The molecular formula is C21H16N4O3. The van der Waals surface area contributed by atoms with E-state index in [0.29, 0.717) is 22.7 Å². The number of hydrogen-bond donors (Lipinski definition) is 3. The average molecular weight is 372 g/mol. The Morgan fingerprint density at radius 2 is 1.82 bits per heavy atom. The van der Waals surface area contributed by atoms with Gasteiger partial charge >= 0.3 is 0 Å². The summed E-state index contributed by atoms with van der Waals surface area (Å²) in [5.41, 5.74) is 10.0. The second kappa shape index (κ2) is 6.31. The van der Waals surface area contributed by atoms with Crippen LogP contribution in [0.4, 0.5) is 11.4 Å². The third-order valence-electron chi connectivity index (χ3n) is 4.56. The van der Waals surface area contributed by atoms with Crippen LogP contribution in [0.3, 0.4) is 0 Å². The highest BCUT2D eigenvalue weighted by Gasteiger charge is 2.15. The number of nitrogens with zero attached hydrogens (tertiary/aromatic N) is 1. The zero-order chi connectivity index (χ0) is 19.1. The number of rotatable bonds is 3. The summed E-state index contributed by atoms with van der Waals surface area (Å²) < 4.78 is 10.8. The molecule has 0 saturated heterocycles. The largest absolute Gasteiger partial charge is 0.454 e. The van der Waals surface area contributed by atoms with E-state index in [-0.39, 0.29) is 12.7 Å². The van der Waals surface area contributed by atoms with Crippen molar-refractivity contribution in [3.63, 3.8) is 0 Å². The number of imidazole rings is 1. The first kappa shape index (κ1) is 16.2. The molecule has 0 saturated carbocycles. The maximum Gasteiger partial charge on any atom is 0.255 e. The molecule has 4 N–H and O–H groups in total. The van der Waals surface area contributed by atoms with Gasteiger partial charge in [-0.05, 0) is 60.7 Å². The highest BCUT2D eigenvalue weighted by Crippen LogP contribution is 2.35. The molecule has 5 rings (SSSR count). The van der Waals surface area contributed by atoms with Crippen molar-refractivity contribution in [2.75, 3.05) is 17.8 Å². The normalized spacial score (nSPS) is 12.3. The Morgan fingerprint density at radius 1 is 1.00 bits per heavy atom. The Morgan fingerprint density at radius 3 is 2.68 bits per heavy atom. The van der Waals surface area contributed by atoms with Crippen LogP contribution in [0.5, 0.6) is 11.5 Å². The third-order valence-corrected chi connectivity index (χ3v) is 4.56. The molecule has 2 heterocycles. The average Bonchev–Trinajstić information content (AvgIpc) is 3.34. The fraction of sp³-hybridized carbons (Fsp3) is 0.0476. The van der Waals surface area contributed by atoms with Crippen molar-refractivity contribution >= 4 is 28.3 Å². The van der Waals surface area contributed by atoms with Crippen LogP contribution in [-0.4, -0.2) is 22.7 Å². The van der Waals surface area contributed by atoms with Crippen molar-refractivity contribution in [1.29, 1.82) is 0 Å². The Hall–Kier alpha value is -4.00. The zero-order valence-corrected chi connectivity index (χ0v) is 14.7. The van der Waals surface area contributed by atoms with Crippen LogP contribution >= 0.6 is 0 Å². The molecule has 4 aromatic rings. The van der Waals surface area contributed by atoms with Gasteiger partial charge in [0.05, 0.1) is 11.0 Å². The number of nitrogen functional groups attached to an aromatic ring is 1. The predicted molar refractivity (Wildman–Crippen MR) is 106 cm³/mol. The number of ether oxygens (including phenoxy) is 2. The van der Waals surface area contributed by atoms with Gasteiger partial charge in [-0.3, -0.25) is 4.79 Å². The molecule has 0 bridgehead atoms. The predicted octanol–water partition coefficient (Wildman–Crippen LogP) is 3.79. The minimum absolute atomic E-state index is 0.199. The smallest absolute Gasteiger partial charge is 0.255 e. The van der Waals surface area contributed by atoms with E-state index in [0.717, 1.165) is 28.2 Å². The van der Waals surface area contributed by atoms with E-state index in [1.54, 1.807) is 24.3 Å². The van der Waals surface area contributed by atoms with Crippen LogP contribution in [-0.2, 0) is 0 Å². The van der Waals surface area contributed by atoms with E-state index in [1.165, 1.54) is 0 Å². The van der Waals surface area contributed by atoms with E-state index >= 15 is 0 Å². The van der Waals surface area contributed by atoms with Gasteiger partial charge in [-0.1, -0.05) is 0 Å². The number of amides is 1. The minimum atomic E-state index is -0.199. The second-order valence-electron chi connectivity index (χ2n) is 6.46. The maximum absolute atomic E-state index is 12.4. The molecule has 3 aromatic carbocycles. The summed E-state index contributed by atoms with van der Waals surface area (Å²) in [5.74, 6) is 1.95. The maximum atomic E-state index is 12.4. The van der Waals surface area contributed by atoms with Crippen molar-refractivity contribution in [2.24, 2.45) is 0 Å². The summed E-state index contributed by atoms with van der Waals surface area (Å²) in [6.07, 6.45) is 0. The molecule has 1 aliphatic rings. The quantitative estimate of drug-likeness (QED) is 0.475. The van der Waals surface area contributed by atoms with Gasteiger partial charge in [0.1, 0.15) is 5.82 Å². The number of nitrogens with one attached hydrogen (secondary N) is 2. The highest BCUT2D eigenvalue weighted by atomic mass is 16.7. The van der Waals surface area contributed by atoms with E-state index in [1.807, 2.05) is 36.4 Å². The van der Waals surface area contributed by atoms with Gasteiger partial charge < -0.3 is 25.5 Å². The van der Waals surface area contributed by atoms with Crippen LogP contribution in [0, 0.1) is 0 Å². The summed E-state index contributed by atoms with van der Waals surface area (Å²) in [6, 6.07) is 18.0. The van der Waals surface area contributed by atoms with Gasteiger partial charge in [0.15, 0.2) is 11.5 Å². The van der Waals surface area contributed by atoms with E-state index in [9.17, 15) is 4.79 Å². The standard InChI is InChI=1S/C21H16N4O3/c22-14-4-1-12(2-5-14)21(26)23-15-6-7-16-17(10-15)25-20(24-16)13-3-8-18-19(9-13)28-11-27-18/h1-10H,11,22H2,(H,23,26)(H,24,25). The van der Waals surface area contributed by atoms with Crippen LogP contribution in [0.2, 0.25) is 0 Å². The van der Waals surface area contributed by atoms with Crippen LogP contribution in [0.1, 0.15) is 10.4 Å². The molecular weight excluding hydrogens is 356 g/mol. The van der Waals surface area contributed by atoms with Gasteiger partial charge in [-0.15, -0.1) is 0 Å². The lowest BCUT2D eigenvalue weighted by Gasteiger charge is -2.05. The summed E-state index contributed by atoms with van der Waals surface area (Å²) >= 11 is 0. The first-order valence-electron chi connectivity index (χ1n) is 8.72. The van der Waals surface area contributed by atoms with Crippen molar-refractivity contribution in [1.82, 2.24) is 9.97 Å². The zero-order valence-electron chi connectivity index (χ0n) is 14.7. The number of benzene rings is 3. The molecule has 0 aliphatic carbocycles. The van der Waals surface area contributed by atoms with Crippen molar-refractivity contribution < 1.29 is 14.3 Å². The Balaban J connectivity index is 1.42. The molecule has 138 valence electrons. The molecule has 7 heteroatoms. The number of carbonyl (C=O) groups excluding carboxylic acids is 1. The number of fused-ring (bicyclic) bond motifs is 2. The fourth-order valence-electron chi connectivity index (χ4n) is 3.11. The first-order valence-corrected chi connectivity index (χ1v) is 8.72. The summed E-state index contributed by atoms with van der Waals surface area (Å²) in [5, 5.41) is 2.89.